The molecule has 0 aliphatic carbocycles. The average Bonchev–Trinajstić information content (AvgIpc) is 2.92. The SMILES string of the molecule is COc1ccc(CC[C@]2(C)NC(=O)N(CN(C)Cc3ccccc3C)C2=O)cc1. The van der Waals surface area contributed by atoms with Crippen LogP contribution in [0.2, 0.25) is 0 Å². The number of carbonyl (C=O) groups is 2. The van der Waals surface area contributed by atoms with Crippen molar-refractivity contribution in [2.45, 2.75) is 38.8 Å². The van der Waals surface area contributed by atoms with Crippen LogP contribution in [0.15, 0.2) is 48.5 Å². The van der Waals surface area contributed by atoms with Crippen LogP contribution in [0.5, 0.6) is 5.75 Å². The van der Waals surface area contributed by atoms with Gasteiger partial charge in [-0.3, -0.25) is 9.69 Å². The second-order valence-electron chi connectivity index (χ2n) is 7.93. The van der Waals surface area contributed by atoms with E-state index in [9.17, 15) is 9.59 Å². The maximum absolute atomic E-state index is 13.0. The van der Waals surface area contributed by atoms with Crippen molar-refractivity contribution in [2.75, 3.05) is 20.8 Å². The highest BCUT2D eigenvalue weighted by atomic mass is 16.5. The van der Waals surface area contributed by atoms with Crippen molar-refractivity contribution < 1.29 is 14.3 Å². The number of hydrogen-bond donors (Lipinski definition) is 1. The highest BCUT2D eigenvalue weighted by molar-refractivity contribution is 6.06. The Morgan fingerprint density at radius 2 is 1.79 bits per heavy atom. The number of methoxy groups -OCH3 is 1. The average molecular weight is 396 g/mol. The summed E-state index contributed by atoms with van der Waals surface area (Å²) in [5, 5.41) is 2.89. The van der Waals surface area contributed by atoms with E-state index >= 15 is 0 Å². The van der Waals surface area contributed by atoms with E-state index in [0.717, 1.165) is 11.3 Å². The predicted molar refractivity (Wildman–Crippen MR) is 113 cm³/mol. The van der Waals surface area contributed by atoms with Gasteiger partial charge in [0.2, 0.25) is 0 Å². The molecule has 1 saturated heterocycles. The normalized spacial score (nSPS) is 19.0. The van der Waals surface area contributed by atoms with Crippen molar-refractivity contribution in [3.63, 3.8) is 0 Å². The van der Waals surface area contributed by atoms with E-state index in [4.69, 9.17) is 4.74 Å². The molecule has 1 aliphatic rings. The van der Waals surface area contributed by atoms with Crippen molar-refractivity contribution in [1.82, 2.24) is 15.1 Å². The van der Waals surface area contributed by atoms with Gasteiger partial charge in [0.25, 0.3) is 5.91 Å². The van der Waals surface area contributed by atoms with Crippen LogP contribution in [0.1, 0.15) is 30.0 Å². The monoisotopic (exact) mass is 395 g/mol. The van der Waals surface area contributed by atoms with Gasteiger partial charge in [-0.25, -0.2) is 9.69 Å². The summed E-state index contributed by atoms with van der Waals surface area (Å²) in [4.78, 5) is 28.8. The first kappa shape index (κ1) is 20.9. The molecule has 6 heteroatoms. The van der Waals surface area contributed by atoms with Crippen LogP contribution < -0.4 is 10.1 Å². The molecule has 0 saturated carbocycles. The minimum Gasteiger partial charge on any atom is -0.497 e. The first-order chi connectivity index (χ1) is 13.8. The highest BCUT2D eigenvalue weighted by Gasteiger charge is 2.47. The number of nitrogens with one attached hydrogen (secondary N) is 1. The fourth-order valence-corrected chi connectivity index (χ4v) is 3.60. The van der Waals surface area contributed by atoms with Crippen molar-refractivity contribution in [3.8, 4) is 5.75 Å². The van der Waals surface area contributed by atoms with Gasteiger partial charge in [-0.1, -0.05) is 36.4 Å². The summed E-state index contributed by atoms with van der Waals surface area (Å²) in [5.41, 5.74) is 2.59. The minimum atomic E-state index is -0.888. The van der Waals surface area contributed by atoms with E-state index in [1.54, 1.807) is 14.0 Å². The maximum Gasteiger partial charge on any atom is 0.326 e. The number of carbonyl (C=O) groups excluding carboxylic acids is 2. The summed E-state index contributed by atoms with van der Waals surface area (Å²) in [6, 6.07) is 15.6. The molecule has 1 heterocycles. The molecule has 154 valence electrons. The zero-order valence-corrected chi connectivity index (χ0v) is 17.6. The molecule has 0 bridgehead atoms. The van der Waals surface area contributed by atoms with E-state index in [0.29, 0.717) is 19.4 Å². The van der Waals surface area contributed by atoms with Crippen LogP contribution in [-0.2, 0) is 17.8 Å². The third-order valence-electron chi connectivity index (χ3n) is 5.50. The summed E-state index contributed by atoms with van der Waals surface area (Å²) in [5.74, 6) is 0.626. The first-order valence-electron chi connectivity index (χ1n) is 9.82. The first-order valence-corrected chi connectivity index (χ1v) is 9.82. The lowest BCUT2D eigenvalue weighted by molar-refractivity contribution is -0.132. The number of nitrogens with zero attached hydrogens (tertiary/aromatic N) is 2. The third-order valence-corrected chi connectivity index (χ3v) is 5.50. The Bertz CT molecular complexity index is 881. The molecular weight excluding hydrogens is 366 g/mol. The van der Waals surface area contributed by atoms with Crippen LogP contribution in [0, 0.1) is 6.92 Å². The summed E-state index contributed by atoms with van der Waals surface area (Å²) in [7, 11) is 3.55. The van der Waals surface area contributed by atoms with Gasteiger partial charge in [-0.05, 0) is 62.6 Å². The Kier molecular flexibility index (Phi) is 6.23. The van der Waals surface area contributed by atoms with Crippen LogP contribution in [-0.4, -0.2) is 48.1 Å². The molecule has 6 nitrogen and oxygen atoms in total. The van der Waals surface area contributed by atoms with Gasteiger partial charge in [0, 0.05) is 6.54 Å². The smallest absolute Gasteiger partial charge is 0.326 e. The molecule has 1 N–H and O–H groups in total. The standard InChI is InChI=1S/C23H29N3O3/c1-17-7-5-6-8-19(17)15-25(3)16-26-21(27)23(2,24-22(26)28)14-13-18-9-11-20(29-4)12-10-18/h5-12H,13-16H2,1-4H3,(H,24,28)/t23-/m0/s1. The molecule has 2 aromatic rings. The van der Waals surface area contributed by atoms with Gasteiger partial charge in [-0.2, -0.15) is 0 Å². The Labute approximate surface area is 172 Å². The van der Waals surface area contributed by atoms with Crippen LogP contribution in [0.4, 0.5) is 4.79 Å². The molecule has 1 fully saturated rings. The van der Waals surface area contributed by atoms with Crippen LogP contribution in [0.25, 0.3) is 0 Å². The van der Waals surface area contributed by atoms with E-state index in [2.05, 4.69) is 24.4 Å². The fourth-order valence-electron chi connectivity index (χ4n) is 3.60. The van der Waals surface area contributed by atoms with Gasteiger partial charge in [0.05, 0.1) is 13.8 Å². The fraction of sp³-hybridized carbons (Fsp3) is 0.391. The Balaban J connectivity index is 1.61. The van der Waals surface area contributed by atoms with Crippen LogP contribution >= 0.6 is 0 Å². The number of hydrogen-bond acceptors (Lipinski definition) is 4. The maximum atomic E-state index is 13.0. The molecule has 1 aliphatic heterocycles. The number of aryl methyl sites for hydroxylation is 2. The molecular formula is C23H29N3O3. The Morgan fingerprint density at radius 3 is 2.45 bits per heavy atom. The topological polar surface area (TPSA) is 61.9 Å². The third kappa shape index (κ3) is 4.77. The van der Waals surface area contributed by atoms with E-state index in [1.807, 2.05) is 48.3 Å². The van der Waals surface area contributed by atoms with Gasteiger partial charge in [0.15, 0.2) is 0 Å². The van der Waals surface area contributed by atoms with Crippen molar-refractivity contribution in [3.05, 3.63) is 65.2 Å². The second kappa shape index (κ2) is 8.66. The minimum absolute atomic E-state index is 0.173. The van der Waals surface area contributed by atoms with Gasteiger partial charge < -0.3 is 10.1 Å². The van der Waals surface area contributed by atoms with Crippen LogP contribution in [0.3, 0.4) is 0 Å². The van der Waals surface area contributed by atoms with E-state index in [1.165, 1.54) is 16.0 Å². The number of urea groups is 1. The number of imide groups is 1. The molecule has 0 aromatic heterocycles. The highest BCUT2D eigenvalue weighted by Crippen LogP contribution is 2.24. The summed E-state index contributed by atoms with van der Waals surface area (Å²) in [6.07, 6.45) is 1.24. The molecule has 2 aromatic carbocycles. The molecule has 0 spiro atoms. The molecule has 0 radical (unpaired) electrons. The van der Waals surface area contributed by atoms with Crippen molar-refractivity contribution in [1.29, 1.82) is 0 Å². The Hall–Kier alpha value is -2.86. The second-order valence-corrected chi connectivity index (χ2v) is 7.93. The predicted octanol–water partition coefficient (Wildman–Crippen LogP) is 3.34. The number of amides is 3. The van der Waals surface area contributed by atoms with Gasteiger partial charge in [0.1, 0.15) is 11.3 Å². The number of rotatable bonds is 8. The zero-order chi connectivity index (χ0) is 21.0. The number of ether oxygens (including phenoxy) is 1. The van der Waals surface area contributed by atoms with Gasteiger partial charge in [-0.15, -0.1) is 0 Å². The summed E-state index contributed by atoms with van der Waals surface area (Å²) >= 11 is 0. The molecule has 1 atom stereocenters. The van der Waals surface area contributed by atoms with Gasteiger partial charge >= 0.3 is 6.03 Å². The van der Waals surface area contributed by atoms with Crippen molar-refractivity contribution in [2.24, 2.45) is 0 Å². The zero-order valence-electron chi connectivity index (χ0n) is 17.6. The lowest BCUT2D eigenvalue weighted by Crippen LogP contribution is -2.45. The molecule has 3 rings (SSSR count). The lowest BCUT2D eigenvalue weighted by Gasteiger charge is -2.25. The lowest BCUT2D eigenvalue weighted by atomic mass is 9.93. The Morgan fingerprint density at radius 1 is 1.10 bits per heavy atom. The number of benzene rings is 2. The summed E-state index contributed by atoms with van der Waals surface area (Å²) < 4.78 is 5.18. The summed E-state index contributed by atoms with van der Waals surface area (Å²) in [6.45, 7) is 4.80. The van der Waals surface area contributed by atoms with E-state index in [-0.39, 0.29) is 18.6 Å². The molecule has 29 heavy (non-hydrogen) atoms. The molecule has 0 unspecified atom stereocenters. The largest absolute Gasteiger partial charge is 0.497 e. The van der Waals surface area contributed by atoms with Crippen molar-refractivity contribution >= 4 is 11.9 Å². The van der Waals surface area contributed by atoms with E-state index < -0.39 is 5.54 Å². The molecule has 3 amide bonds. The quantitative estimate of drug-likeness (QED) is 0.697.